The molecule has 2 heterocycles. The molecule has 136 valence electrons. The summed E-state index contributed by atoms with van der Waals surface area (Å²) >= 11 is 0. The minimum atomic E-state index is -1.08. The van der Waals surface area contributed by atoms with Crippen molar-refractivity contribution in [2.24, 2.45) is 5.92 Å². The van der Waals surface area contributed by atoms with Crippen molar-refractivity contribution in [3.8, 4) is 6.07 Å². The van der Waals surface area contributed by atoms with Crippen molar-refractivity contribution >= 4 is 22.8 Å². The van der Waals surface area contributed by atoms with Gasteiger partial charge in [0, 0.05) is 13.1 Å². The Morgan fingerprint density at radius 3 is 2.62 bits per heavy atom. The largest absolute Gasteiger partial charge is 0.462 e. The number of fused-ring (bicyclic) bond motifs is 1. The third kappa shape index (κ3) is 3.77. The third-order valence-corrected chi connectivity index (χ3v) is 4.52. The highest BCUT2D eigenvalue weighted by molar-refractivity contribution is 5.85. The van der Waals surface area contributed by atoms with Gasteiger partial charge in [0.15, 0.2) is 11.7 Å². The van der Waals surface area contributed by atoms with Gasteiger partial charge in [0.1, 0.15) is 5.69 Å². The molecule has 1 aromatic heterocycles. The number of aromatic nitrogens is 2. The van der Waals surface area contributed by atoms with Gasteiger partial charge in [-0.15, -0.1) is 0 Å². The van der Waals surface area contributed by atoms with E-state index < -0.39 is 11.9 Å². The van der Waals surface area contributed by atoms with Crippen molar-refractivity contribution in [1.29, 1.82) is 5.26 Å². The number of nitrogens with zero attached hydrogens (tertiary/aromatic N) is 4. The summed E-state index contributed by atoms with van der Waals surface area (Å²) in [5, 5.41) is 9.67. The molecule has 6 heteroatoms. The Bertz CT molecular complexity index is 843. The van der Waals surface area contributed by atoms with Crippen LogP contribution >= 0.6 is 0 Å². The summed E-state index contributed by atoms with van der Waals surface area (Å²) in [5.74, 6) is -0.490. The van der Waals surface area contributed by atoms with Gasteiger partial charge >= 0.3 is 5.97 Å². The molecular weight excluding hydrogens is 328 g/mol. The Morgan fingerprint density at radius 1 is 1.31 bits per heavy atom. The van der Waals surface area contributed by atoms with E-state index in [0.29, 0.717) is 22.9 Å². The predicted molar refractivity (Wildman–Crippen MR) is 99.7 cm³/mol. The first kappa shape index (κ1) is 18.1. The number of carbonyl (C=O) groups excluding carboxylic acids is 1. The lowest BCUT2D eigenvalue weighted by Gasteiger charge is -2.33. The van der Waals surface area contributed by atoms with Crippen LogP contribution in [0.15, 0.2) is 24.3 Å². The zero-order valence-electron chi connectivity index (χ0n) is 15.5. The SMILES string of the molecule is CC(C)OC(=O)[C@@H](C#N)c1nc2ccccc2nc1N1CCC[C@H](C)C1. The van der Waals surface area contributed by atoms with Gasteiger partial charge in [0.25, 0.3) is 0 Å². The number of piperidine rings is 1. The van der Waals surface area contributed by atoms with Crippen LogP contribution in [0.1, 0.15) is 45.2 Å². The van der Waals surface area contributed by atoms with E-state index in [1.165, 1.54) is 6.42 Å². The summed E-state index contributed by atoms with van der Waals surface area (Å²) in [4.78, 5) is 24.1. The lowest BCUT2D eigenvalue weighted by Crippen LogP contribution is -2.36. The molecule has 1 saturated heterocycles. The highest BCUT2D eigenvalue weighted by Crippen LogP contribution is 2.30. The fourth-order valence-corrected chi connectivity index (χ4v) is 3.34. The number of carbonyl (C=O) groups is 1. The Hall–Kier alpha value is -2.68. The second-order valence-corrected chi connectivity index (χ2v) is 7.16. The maximum absolute atomic E-state index is 12.5. The molecule has 2 aromatic rings. The number of anilines is 1. The number of nitriles is 1. The maximum Gasteiger partial charge on any atom is 0.329 e. The molecule has 0 N–H and O–H groups in total. The maximum atomic E-state index is 12.5. The molecule has 0 saturated carbocycles. The number of esters is 1. The Kier molecular flexibility index (Phi) is 5.36. The van der Waals surface area contributed by atoms with Crippen molar-refractivity contribution in [1.82, 2.24) is 9.97 Å². The van der Waals surface area contributed by atoms with Gasteiger partial charge in [-0.05, 0) is 44.7 Å². The number of rotatable bonds is 4. The average Bonchev–Trinajstić information content (AvgIpc) is 2.61. The van der Waals surface area contributed by atoms with Gasteiger partial charge in [-0.1, -0.05) is 19.1 Å². The average molecular weight is 352 g/mol. The van der Waals surface area contributed by atoms with E-state index in [1.807, 2.05) is 24.3 Å². The monoisotopic (exact) mass is 352 g/mol. The fraction of sp³-hybridized carbons (Fsp3) is 0.500. The van der Waals surface area contributed by atoms with Crippen LogP contribution in [0, 0.1) is 17.2 Å². The Balaban J connectivity index is 2.10. The zero-order valence-corrected chi connectivity index (χ0v) is 15.5. The third-order valence-electron chi connectivity index (χ3n) is 4.52. The van der Waals surface area contributed by atoms with Crippen LogP contribution in [0.4, 0.5) is 5.82 Å². The first-order chi connectivity index (χ1) is 12.5. The van der Waals surface area contributed by atoms with Crippen molar-refractivity contribution in [3.63, 3.8) is 0 Å². The van der Waals surface area contributed by atoms with E-state index in [2.05, 4.69) is 22.9 Å². The molecule has 0 bridgehead atoms. The van der Waals surface area contributed by atoms with E-state index in [-0.39, 0.29) is 6.10 Å². The summed E-state index contributed by atoms with van der Waals surface area (Å²) in [6.45, 7) is 7.44. The second kappa shape index (κ2) is 7.69. The number of hydrogen-bond acceptors (Lipinski definition) is 6. The van der Waals surface area contributed by atoms with Crippen LogP contribution < -0.4 is 4.90 Å². The highest BCUT2D eigenvalue weighted by Gasteiger charge is 2.31. The van der Waals surface area contributed by atoms with Crippen LogP contribution in [0.2, 0.25) is 0 Å². The molecule has 3 rings (SSSR count). The predicted octanol–water partition coefficient (Wildman–Crippen LogP) is 3.42. The summed E-state index contributed by atoms with van der Waals surface area (Å²) in [5.41, 5.74) is 1.83. The Labute approximate surface area is 153 Å². The Morgan fingerprint density at radius 2 is 2.00 bits per heavy atom. The van der Waals surface area contributed by atoms with E-state index >= 15 is 0 Å². The van der Waals surface area contributed by atoms with Crippen LogP contribution in [0.25, 0.3) is 11.0 Å². The van der Waals surface area contributed by atoms with Crippen LogP contribution in [-0.4, -0.2) is 35.1 Å². The molecule has 1 fully saturated rings. The van der Waals surface area contributed by atoms with Gasteiger partial charge in [-0.2, -0.15) is 5.26 Å². The van der Waals surface area contributed by atoms with Crippen LogP contribution in [0.5, 0.6) is 0 Å². The number of hydrogen-bond donors (Lipinski definition) is 0. The van der Waals surface area contributed by atoms with Crippen molar-refractivity contribution in [2.45, 2.75) is 45.6 Å². The summed E-state index contributed by atoms with van der Waals surface area (Å²) < 4.78 is 5.29. The lowest BCUT2D eigenvalue weighted by molar-refractivity contribution is -0.147. The number of ether oxygens (including phenoxy) is 1. The van der Waals surface area contributed by atoms with Crippen molar-refractivity contribution < 1.29 is 9.53 Å². The van der Waals surface area contributed by atoms with E-state index in [4.69, 9.17) is 9.72 Å². The van der Waals surface area contributed by atoms with Gasteiger partial charge < -0.3 is 9.64 Å². The standard InChI is InChI=1S/C20H24N4O2/c1-13(2)26-20(25)15(11-21)18-19(24-10-6-7-14(3)12-24)23-17-9-5-4-8-16(17)22-18/h4-5,8-9,13-15H,6-7,10,12H2,1-3H3/t14-,15-/m0/s1. The fourth-order valence-electron chi connectivity index (χ4n) is 3.34. The molecule has 1 aromatic carbocycles. The zero-order chi connectivity index (χ0) is 18.7. The smallest absolute Gasteiger partial charge is 0.329 e. The van der Waals surface area contributed by atoms with E-state index in [0.717, 1.165) is 25.0 Å². The molecule has 6 nitrogen and oxygen atoms in total. The van der Waals surface area contributed by atoms with Gasteiger partial charge in [-0.3, -0.25) is 4.79 Å². The van der Waals surface area contributed by atoms with Crippen molar-refractivity contribution in [2.75, 3.05) is 18.0 Å². The lowest BCUT2D eigenvalue weighted by atomic mass is 9.99. The topological polar surface area (TPSA) is 79.1 Å². The van der Waals surface area contributed by atoms with Crippen LogP contribution in [0.3, 0.4) is 0 Å². The van der Waals surface area contributed by atoms with Gasteiger partial charge in [0.05, 0.1) is 23.2 Å². The first-order valence-corrected chi connectivity index (χ1v) is 9.11. The molecule has 0 aliphatic carbocycles. The highest BCUT2D eigenvalue weighted by atomic mass is 16.5. The molecule has 26 heavy (non-hydrogen) atoms. The molecule has 0 spiro atoms. The molecule has 0 unspecified atom stereocenters. The molecular formula is C20H24N4O2. The number of para-hydroxylation sites is 2. The quantitative estimate of drug-likeness (QED) is 0.785. The first-order valence-electron chi connectivity index (χ1n) is 9.11. The minimum Gasteiger partial charge on any atom is -0.462 e. The molecule has 0 radical (unpaired) electrons. The van der Waals surface area contributed by atoms with Gasteiger partial charge in [-0.25, -0.2) is 9.97 Å². The molecule has 1 aliphatic rings. The van der Waals surface area contributed by atoms with E-state index in [9.17, 15) is 10.1 Å². The summed E-state index contributed by atoms with van der Waals surface area (Å²) in [6, 6.07) is 9.60. The summed E-state index contributed by atoms with van der Waals surface area (Å²) in [6.07, 6.45) is 1.94. The normalized spacial score (nSPS) is 18.6. The molecule has 1 aliphatic heterocycles. The number of benzene rings is 1. The molecule has 0 amide bonds. The minimum absolute atomic E-state index is 0.287. The van der Waals surface area contributed by atoms with E-state index in [1.54, 1.807) is 13.8 Å². The van der Waals surface area contributed by atoms with Crippen LogP contribution in [-0.2, 0) is 9.53 Å². The second-order valence-electron chi connectivity index (χ2n) is 7.16. The summed E-state index contributed by atoms with van der Waals surface area (Å²) in [7, 11) is 0. The van der Waals surface area contributed by atoms with Crippen molar-refractivity contribution in [3.05, 3.63) is 30.0 Å². The van der Waals surface area contributed by atoms with Gasteiger partial charge in [0.2, 0.25) is 0 Å². The molecule has 2 atom stereocenters.